The van der Waals surface area contributed by atoms with Crippen LogP contribution in [0.5, 0.6) is 0 Å². The van der Waals surface area contributed by atoms with Crippen LogP contribution in [-0.2, 0) is 9.53 Å². The smallest absolute Gasteiger partial charge is 0.266 e. The van der Waals surface area contributed by atoms with Crippen molar-refractivity contribution < 1.29 is 13.9 Å². The molecule has 0 bridgehead atoms. The number of hydrogen-bond acceptors (Lipinski definition) is 6. The van der Waals surface area contributed by atoms with Gasteiger partial charge in [-0.15, -0.1) is 0 Å². The zero-order chi connectivity index (χ0) is 19.2. The maximum absolute atomic E-state index is 12.8. The molecule has 27 heavy (non-hydrogen) atoms. The van der Waals surface area contributed by atoms with E-state index in [4.69, 9.17) is 21.4 Å². The number of thiocarbonyl (C=S) groups is 1. The van der Waals surface area contributed by atoms with Gasteiger partial charge in [0.2, 0.25) is 0 Å². The third-order valence-electron chi connectivity index (χ3n) is 5.07. The van der Waals surface area contributed by atoms with E-state index in [9.17, 15) is 4.79 Å². The highest BCUT2D eigenvalue weighted by molar-refractivity contribution is 8.26. The fourth-order valence-corrected chi connectivity index (χ4v) is 4.59. The molecule has 3 rings (SSSR count). The van der Waals surface area contributed by atoms with Gasteiger partial charge in [0.15, 0.2) is 5.88 Å². The Balaban J connectivity index is 1.66. The standard InChI is InChI=1S/C20H28N2O3S2/c1-3-5-6-15(4-2)14-22-19(23)17(27-20(22)26)13-16-7-8-18(25-16)21-9-11-24-12-10-21/h7-8,13,15H,3-6,9-12,14H2,1-2H3/b17-13-. The maximum atomic E-state index is 12.8. The second-order valence-corrected chi connectivity index (χ2v) is 8.66. The molecule has 1 atom stereocenters. The van der Waals surface area contributed by atoms with Crippen molar-refractivity contribution in [2.45, 2.75) is 39.5 Å². The summed E-state index contributed by atoms with van der Waals surface area (Å²) >= 11 is 6.84. The highest BCUT2D eigenvalue weighted by atomic mass is 32.2. The van der Waals surface area contributed by atoms with E-state index in [1.54, 1.807) is 4.90 Å². The first-order chi connectivity index (χ1) is 13.1. The van der Waals surface area contributed by atoms with Crippen LogP contribution in [0.1, 0.15) is 45.3 Å². The first-order valence-electron chi connectivity index (χ1n) is 9.80. The van der Waals surface area contributed by atoms with Crippen LogP contribution >= 0.6 is 24.0 Å². The quantitative estimate of drug-likeness (QED) is 0.465. The molecule has 0 saturated carbocycles. The Bertz CT molecular complexity index is 695. The monoisotopic (exact) mass is 408 g/mol. The molecule has 2 aliphatic rings. The number of carbonyl (C=O) groups excluding carboxylic acids is 1. The summed E-state index contributed by atoms with van der Waals surface area (Å²) in [5.41, 5.74) is 0. The highest BCUT2D eigenvalue weighted by Crippen LogP contribution is 2.34. The van der Waals surface area contributed by atoms with Crippen LogP contribution in [0.15, 0.2) is 21.5 Å². The van der Waals surface area contributed by atoms with Crippen molar-refractivity contribution >= 4 is 46.2 Å². The normalized spacial score (nSPS) is 20.7. The lowest BCUT2D eigenvalue weighted by atomic mass is 9.99. The minimum absolute atomic E-state index is 0.00395. The average molecular weight is 409 g/mol. The van der Waals surface area contributed by atoms with Crippen LogP contribution in [0.2, 0.25) is 0 Å². The summed E-state index contributed by atoms with van der Waals surface area (Å²) < 4.78 is 12.0. The molecule has 3 heterocycles. The summed E-state index contributed by atoms with van der Waals surface area (Å²) in [5.74, 6) is 2.02. The Labute approximate surface area is 171 Å². The minimum Gasteiger partial charge on any atom is -0.441 e. The molecular formula is C20H28N2O3S2. The minimum atomic E-state index is 0.00395. The molecule has 2 fully saturated rings. The molecule has 0 spiro atoms. The number of ether oxygens (including phenoxy) is 1. The Kier molecular flexibility index (Phi) is 7.38. The number of thioether (sulfide) groups is 1. The van der Waals surface area contributed by atoms with Crippen LogP contribution in [0, 0.1) is 5.92 Å². The zero-order valence-electron chi connectivity index (χ0n) is 16.1. The molecule has 1 amide bonds. The molecule has 2 aliphatic heterocycles. The summed E-state index contributed by atoms with van der Waals surface area (Å²) in [7, 11) is 0. The molecule has 5 nitrogen and oxygen atoms in total. The van der Waals surface area contributed by atoms with Gasteiger partial charge in [-0.05, 0) is 18.4 Å². The summed E-state index contributed by atoms with van der Waals surface area (Å²) in [6, 6.07) is 3.86. The van der Waals surface area contributed by atoms with Gasteiger partial charge >= 0.3 is 0 Å². The van der Waals surface area contributed by atoms with Crippen molar-refractivity contribution in [1.29, 1.82) is 0 Å². The third kappa shape index (κ3) is 5.15. The van der Waals surface area contributed by atoms with Gasteiger partial charge in [0.25, 0.3) is 5.91 Å². The fraction of sp³-hybridized carbons (Fsp3) is 0.600. The molecule has 7 heteroatoms. The second kappa shape index (κ2) is 9.75. The number of hydrogen-bond donors (Lipinski definition) is 0. The van der Waals surface area contributed by atoms with Gasteiger partial charge in [-0.1, -0.05) is 57.1 Å². The summed E-state index contributed by atoms with van der Waals surface area (Å²) in [4.78, 5) is 17.4. The molecular weight excluding hydrogens is 380 g/mol. The fourth-order valence-electron chi connectivity index (χ4n) is 3.34. The Morgan fingerprint density at radius 3 is 2.78 bits per heavy atom. The number of anilines is 1. The van der Waals surface area contributed by atoms with Gasteiger partial charge in [-0.3, -0.25) is 9.69 Å². The molecule has 1 unspecified atom stereocenters. The van der Waals surface area contributed by atoms with Crippen molar-refractivity contribution in [3.05, 3.63) is 22.8 Å². The number of carbonyl (C=O) groups is 1. The van der Waals surface area contributed by atoms with Crippen molar-refractivity contribution in [2.24, 2.45) is 5.92 Å². The van der Waals surface area contributed by atoms with Gasteiger partial charge < -0.3 is 14.1 Å². The van der Waals surface area contributed by atoms with E-state index in [0.29, 0.717) is 34.1 Å². The summed E-state index contributed by atoms with van der Waals surface area (Å²) in [5, 5.41) is 0. The Hall–Kier alpha value is -1.31. The average Bonchev–Trinajstić information content (AvgIpc) is 3.25. The van der Waals surface area contributed by atoms with Crippen LogP contribution < -0.4 is 4.90 Å². The van der Waals surface area contributed by atoms with Crippen LogP contribution in [0.25, 0.3) is 6.08 Å². The molecule has 2 saturated heterocycles. The van der Waals surface area contributed by atoms with Gasteiger partial charge in [-0.25, -0.2) is 0 Å². The Morgan fingerprint density at radius 1 is 1.30 bits per heavy atom. The lowest BCUT2D eigenvalue weighted by Gasteiger charge is -2.26. The number of rotatable bonds is 8. The predicted molar refractivity (Wildman–Crippen MR) is 115 cm³/mol. The Morgan fingerprint density at radius 2 is 2.07 bits per heavy atom. The van der Waals surface area contributed by atoms with Gasteiger partial charge in [0.05, 0.1) is 18.1 Å². The topological polar surface area (TPSA) is 45.9 Å². The molecule has 1 aromatic rings. The van der Waals surface area contributed by atoms with E-state index in [0.717, 1.165) is 38.4 Å². The van der Waals surface area contributed by atoms with Crippen LogP contribution in [-0.4, -0.2) is 48.0 Å². The van der Waals surface area contributed by atoms with Crippen LogP contribution in [0.3, 0.4) is 0 Å². The third-order valence-corrected chi connectivity index (χ3v) is 6.44. The lowest BCUT2D eigenvalue weighted by Crippen LogP contribution is -2.35. The highest BCUT2D eigenvalue weighted by Gasteiger charge is 2.33. The SMILES string of the molecule is CCCCC(CC)CN1C(=O)/C(=C/c2ccc(N3CCOCC3)o2)SC1=S. The first-order valence-corrected chi connectivity index (χ1v) is 11.0. The van der Waals surface area contributed by atoms with E-state index >= 15 is 0 Å². The molecule has 0 N–H and O–H groups in total. The van der Waals surface area contributed by atoms with Crippen molar-refractivity contribution in [1.82, 2.24) is 4.90 Å². The van der Waals surface area contributed by atoms with E-state index in [1.807, 2.05) is 18.2 Å². The largest absolute Gasteiger partial charge is 0.441 e. The van der Waals surface area contributed by atoms with Gasteiger partial charge in [0, 0.05) is 31.8 Å². The lowest BCUT2D eigenvalue weighted by molar-refractivity contribution is -0.122. The molecule has 0 aliphatic carbocycles. The number of unbranched alkanes of at least 4 members (excludes halogenated alkanes) is 1. The van der Waals surface area contributed by atoms with Gasteiger partial charge in [-0.2, -0.15) is 0 Å². The van der Waals surface area contributed by atoms with Crippen molar-refractivity contribution in [3.8, 4) is 0 Å². The maximum Gasteiger partial charge on any atom is 0.266 e. The number of morpholine rings is 1. The molecule has 0 radical (unpaired) electrons. The van der Waals surface area contributed by atoms with E-state index in [2.05, 4.69) is 18.7 Å². The number of furan rings is 1. The first kappa shape index (κ1) is 20.4. The summed E-state index contributed by atoms with van der Waals surface area (Å²) in [6.07, 6.45) is 6.40. The molecule has 148 valence electrons. The van der Waals surface area contributed by atoms with Crippen molar-refractivity contribution in [2.75, 3.05) is 37.7 Å². The van der Waals surface area contributed by atoms with E-state index in [1.165, 1.54) is 24.6 Å². The predicted octanol–water partition coefficient (Wildman–Crippen LogP) is 4.53. The van der Waals surface area contributed by atoms with Crippen LogP contribution in [0.4, 0.5) is 5.88 Å². The van der Waals surface area contributed by atoms with E-state index in [-0.39, 0.29) is 5.91 Å². The zero-order valence-corrected chi connectivity index (χ0v) is 17.7. The van der Waals surface area contributed by atoms with Crippen molar-refractivity contribution in [3.63, 3.8) is 0 Å². The molecule has 1 aromatic heterocycles. The summed E-state index contributed by atoms with van der Waals surface area (Å²) in [6.45, 7) is 8.18. The second-order valence-electron chi connectivity index (χ2n) is 6.98. The number of nitrogens with zero attached hydrogens (tertiary/aromatic N) is 2. The van der Waals surface area contributed by atoms with Gasteiger partial charge in [0.1, 0.15) is 10.1 Å². The molecule has 0 aromatic carbocycles. The number of amides is 1. The van der Waals surface area contributed by atoms with E-state index < -0.39 is 0 Å².